The Hall–Kier alpha value is -2.68. The average molecular weight is 437 g/mol. The van der Waals surface area contributed by atoms with Crippen molar-refractivity contribution in [2.75, 3.05) is 18.4 Å². The van der Waals surface area contributed by atoms with Crippen LogP contribution in [0.15, 0.2) is 55.0 Å². The molecule has 4 rings (SSSR count). The summed E-state index contributed by atoms with van der Waals surface area (Å²) in [5, 5.41) is 14.3. The third-order valence-corrected chi connectivity index (χ3v) is 4.42. The number of aromatic nitrogens is 4. The molecule has 0 bridgehead atoms. The van der Waals surface area contributed by atoms with Crippen LogP contribution >= 0.6 is 24.8 Å². The van der Waals surface area contributed by atoms with E-state index in [9.17, 15) is 4.79 Å². The van der Waals surface area contributed by atoms with Gasteiger partial charge in [-0.25, -0.2) is 4.68 Å². The normalized spacial score (nSPS) is 13.7. The molecule has 10 heteroatoms. The number of benzene rings is 1. The van der Waals surface area contributed by atoms with Crippen molar-refractivity contribution in [3.63, 3.8) is 0 Å². The zero-order valence-electron chi connectivity index (χ0n) is 15.5. The summed E-state index contributed by atoms with van der Waals surface area (Å²) < 4.78 is 7.50. The first-order chi connectivity index (χ1) is 13.3. The van der Waals surface area contributed by atoms with Gasteiger partial charge in [0.15, 0.2) is 5.69 Å². The number of ether oxygens (including phenoxy) is 1. The molecule has 1 fully saturated rings. The lowest BCUT2D eigenvalue weighted by molar-refractivity contribution is 0.102. The zero-order chi connectivity index (χ0) is 18.5. The largest absolute Gasteiger partial charge is 0.457 e. The van der Waals surface area contributed by atoms with Crippen LogP contribution < -0.4 is 15.4 Å². The number of rotatable bonds is 5. The Morgan fingerprint density at radius 3 is 2.38 bits per heavy atom. The molecule has 29 heavy (non-hydrogen) atoms. The Morgan fingerprint density at radius 2 is 1.69 bits per heavy atom. The van der Waals surface area contributed by atoms with E-state index in [0.29, 0.717) is 28.9 Å². The Bertz CT molecular complexity index is 899. The minimum Gasteiger partial charge on any atom is -0.457 e. The Balaban J connectivity index is 0.00000150. The molecule has 3 heterocycles. The summed E-state index contributed by atoms with van der Waals surface area (Å²) in [7, 11) is 0. The molecule has 0 spiro atoms. The first-order valence-corrected chi connectivity index (χ1v) is 8.90. The van der Waals surface area contributed by atoms with Crippen LogP contribution in [0, 0.1) is 0 Å². The average Bonchev–Trinajstić information content (AvgIpc) is 3.21. The summed E-state index contributed by atoms with van der Waals surface area (Å²) in [6.07, 6.45) is 7.03. The van der Waals surface area contributed by atoms with Crippen molar-refractivity contribution >= 4 is 36.4 Å². The van der Waals surface area contributed by atoms with E-state index >= 15 is 0 Å². The number of pyridine rings is 1. The van der Waals surface area contributed by atoms with Crippen LogP contribution in [0.2, 0.25) is 0 Å². The molecule has 0 saturated carbocycles. The molecule has 1 aliphatic rings. The number of hydrogen-bond donors (Lipinski definition) is 2. The van der Waals surface area contributed by atoms with Crippen molar-refractivity contribution in [2.24, 2.45) is 0 Å². The fraction of sp³-hybridized carbons (Fsp3) is 0.263. The maximum absolute atomic E-state index is 12.4. The fourth-order valence-corrected chi connectivity index (χ4v) is 2.97. The van der Waals surface area contributed by atoms with Gasteiger partial charge in [0, 0.05) is 18.1 Å². The minimum atomic E-state index is -0.280. The lowest BCUT2D eigenvalue weighted by Gasteiger charge is -2.22. The smallest absolute Gasteiger partial charge is 0.277 e. The van der Waals surface area contributed by atoms with Crippen LogP contribution in [0.1, 0.15) is 29.4 Å². The van der Waals surface area contributed by atoms with E-state index in [1.54, 1.807) is 59.7 Å². The lowest BCUT2D eigenvalue weighted by atomic mass is 10.1. The molecule has 0 unspecified atom stereocenters. The molecule has 154 valence electrons. The van der Waals surface area contributed by atoms with Gasteiger partial charge in [0.2, 0.25) is 0 Å². The van der Waals surface area contributed by atoms with Crippen LogP contribution in [0.25, 0.3) is 0 Å². The standard InChI is InChI=1S/C19H20N6O2.2ClH/c26-19(18-13-25(24-23-18)15-5-9-20-10-6-15)22-14-1-3-16(4-2-14)27-17-7-11-21-12-8-17;;/h1-4,7-8,11-13,15,20H,5-6,9-10H2,(H,22,26);2*1H. The lowest BCUT2D eigenvalue weighted by Crippen LogP contribution is -2.29. The highest BCUT2D eigenvalue weighted by Gasteiger charge is 2.18. The highest BCUT2D eigenvalue weighted by atomic mass is 35.5. The van der Waals surface area contributed by atoms with Crippen LogP contribution in [0.4, 0.5) is 5.69 Å². The fourth-order valence-electron chi connectivity index (χ4n) is 2.97. The van der Waals surface area contributed by atoms with Crippen molar-refractivity contribution in [2.45, 2.75) is 18.9 Å². The van der Waals surface area contributed by atoms with E-state index in [1.807, 2.05) is 0 Å². The predicted octanol–water partition coefficient (Wildman–Crippen LogP) is 3.49. The van der Waals surface area contributed by atoms with Crippen LogP contribution in [0.5, 0.6) is 11.5 Å². The molecule has 1 aromatic carbocycles. The van der Waals surface area contributed by atoms with E-state index in [0.717, 1.165) is 25.9 Å². The number of carbonyl (C=O) groups excluding carboxylic acids is 1. The van der Waals surface area contributed by atoms with Gasteiger partial charge in [0.25, 0.3) is 5.91 Å². The first kappa shape index (κ1) is 22.6. The van der Waals surface area contributed by atoms with Crippen LogP contribution in [-0.4, -0.2) is 39.0 Å². The molecule has 1 amide bonds. The van der Waals surface area contributed by atoms with E-state index in [-0.39, 0.29) is 30.7 Å². The Kier molecular flexibility index (Phi) is 8.38. The highest BCUT2D eigenvalue weighted by molar-refractivity contribution is 6.02. The summed E-state index contributed by atoms with van der Waals surface area (Å²) in [6.45, 7) is 1.92. The minimum absolute atomic E-state index is 0. The molecule has 2 N–H and O–H groups in total. The van der Waals surface area contributed by atoms with Crippen LogP contribution in [-0.2, 0) is 0 Å². The number of carbonyl (C=O) groups is 1. The van der Waals surface area contributed by atoms with Gasteiger partial charge in [0.1, 0.15) is 11.5 Å². The second-order valence-corrected chi connectivity index (χ2v) is 6.33. The van der Waals surface area contributed by atoms with E-state index < -0.39 is 0 Å². The summed E-state index contributed by atoms with van der Waals surface area (Å²) >= 11 is 0. The SMILES string of the molecule is Cl.Cl.O=C(Nc1ccc(Oc2ccncc2)cc1)c1cn(C2CCNCC2)nn1. The maximum Gasteiger partial charge on any atom is 0.277 e. The number of amides is 1. The monoisotopic (exact) mass is 436 g/mol. The Labute approximate surface area is 180 Å². The Morgan fingerprint density at radius 1 is 1.03 bits per heavy atom. The van der Waals surface area contributed by atoms with Gasteiger partial charge >= 0.3 is 0 Å². The van der Waals surface area contributed by atoms with E-state index in [2.05, 4.69) is 25.9 Å². The third-order valence-electron chi connectivity index (χ3n) is 4.42. The molecular weight excluding hydrogens is 415 g/mol. The van der Waals surface area contributed by atoms with Gasteiger partial charge in [-0.1, -0.05) is 5.21 Å². The predicted molar refractivity (Wildman–Crippen MR) is 114 cm³/mol. The number of nitrogens with zero attached hydrogens (tertiary/aromatic N) is 4. The number of piperidine rings is 1. The molecule has 0 atom stereocenters. The van der Waals surface area contributed by atoms with E-state index in [4.69, 9.17) is 4.74 Å². The molecular formula is C19H22Cl2N6O2. The molecule has 0 aliphatic carbocycles. The van der Waals surface area contributed by atoms with Gasteiger partial charge in [-0.3, -0.25) is 9.78 Å². The van der Waals surface area contributed by atoms with Crippen molar-refractivity contribution in [1.82, 2.24) is 25.3 Å². The maximum atomic E-state index is 12.4. The van der Waals surface area contributed by atoms with Gasteiger partial charge in [0.05, 0.1) is 12.2 Å². The number of hydrogen-bond acceptors (Lipinski definition) is 6. The summed E-state index contributed by atoms with van der Waals surface area (Å²) in [4.78, 5) is 16.4. The molecule has 8 nitrogen and oxygen atoms in total. The van der Waals surface area contributed by atoms with E-state index in [1.165, 1.54) is 0 Å². The van der Waals surface area contributed by atoms with Crippen molar-refractivity contribution in [3.8, 4) is 11.5 Å². The second kappa shape index (κ2) is 10.8. The summed E-state index contributed by atoms with van der Waals surface area (Å²) in [5.74, 6) is 1.10. The first-order valence-electron chi connectivity index (χ1n) is 8.90. The van der Waals surface area contributed by atoms with Gasteiger partial charge in [-0.15, -0.1) is 29.9 Å². The second-order valence-electron chi connectivity index (χ2n) is 6.33. The molecule has 1 aliphatic heterocycles. The summed E-state index contributed by atoms with van der Waals surface area (Å²) in [5.41, 5.74) is 0.976. The topological polar surface area (TPSA) is 94.0 Å². The van der Waals surface area contributed by atoms with Crippen molar-refractivity contribution in [3.05, 3.63) is 60.7 Å². The van der Waals surface area contributed by atoms with Crippen LogP contribution in [0.3, 0.4) is 0 Å². The highest BCUT2D eigenvalue weighted by Crippen LogP contribution is 2.22. The quantitative estimate of drug-likeness (QED) is 0.635. The molecule has 3 aromatic rings. The zero-order valence-corrected chi connectivity index (χ0v) is 17.2. The van der Waals surface area contributed by atoms with Crippen molar-refractivity contribution < 1.29 is 9.53 Å². The third kappa shape index (κ3) is 5.90. The van der Waals surface area contributed by atoms with Crippen molar-refractivity contribution in [1.29, 1.82) is 0 Å². The van der Waals surface area contributed by atoms with Gasteiger partial charge in [-0.2, -0.15) is 0 Å². The molecule has 1 saturated heterocycles. The number of nitrogens with one attached hydrogen (secondary N) is 2. The number of anilines is 1. The molecule has 2 aromatic heterocycles. The molecule has 0 radical (unpaired) electrons. The summed E-state index contributed by atoms with van der Waals surface area (Å²) in [6, 6.07) is 11.0. The van der Waals surface area contributed by atoms with Gasteiger partial charge in [-0.05, 0) is 62.3 Å². The number of halogens is 2. The van der Waals surface area contributed by atoms with Gasteiger partial charge < -0.3 is 15.4 Å².